The number of carbonyl (C=O) groups excluding carboxylic acids is 2. The number of amides is 1. The first-order chi connectivity index (χ1) is 9.45. The van der Waals surface area contributed by atoms with Crippen LogP contribution < -0.4 is 5.32 Å². The van der Waals surface area contributed by atoms with Crippen LogP contribution in [0.5, 0.6) is 0 Å². The summed E-state index contributed by atoms with van der Waals surface area (Å²) in [4.78, 5) is 23.3. The summed E-state index contributed by atoms with van der Waals surface area (Å²) in [6.07, 6.45) is 0. The van der Waals surface area contributed by atoms with Gasteiger partial charge in [-0.15, -0.1) is 0 Å². The highest BCUT2D eigenvalue weighted by Crippen LogP contribution is 2.22. The van der Waals surface area contributed by atoms with Gasteiger partial charge < -0.3 is 5.32 Å². The predicted octanol–water partition coefficient (Wildman–Crippen LogP) is 4.40. The van der Waals surface area contributed by atoms with Crippen LogP contribution in [0.2, 0.25) is 0 Å². The van der Waals surface area contributed by atoms with Crippen molar-refractivity contribution in [1.82, 2.24) is 0 Å². The maximum atomic E-state index is 12.4. The van der Waals surface area contributed by atoms with E-state index in [0.717, 1.165) is 8.95 Å². The molecule has 1 N–H and O–H groups in total. The zero-order valence-electron chi connectivity index (χ0n) is 10.6. The minimum atomic E-state index is -0.139. The zero-order chi connectivity index (χ0) is 14.7. The maximum absolute atomic E-state index is 12.4. The van der Waals surface area contributed by atoms with E-state index in [4.69, 9.17) is 0 Å². The van der Waals surface area contributed by atoms with Gasteiger partial charge in [-0.3, -0.25) is 9.59 Å². The van der Waals surface area contributed by atoms with Gasteiger partial charge in [0.25, 0.3) is 0 Å². The van der Waals surface area contributed by atoms with Crippen molar-refractivity contribution < 1.29 is 9.59 Å². The fourth-order valence-electron chi connectivity index (χ4n) is 1.76. The quantitative estimate of drug-likeness (QED) is 0.781. The molecule has 0 bridgehead atoms. The van der Waals surface area contributed by atoms with Crippen molar-refractivity contribution in [2.75, 3.05) is 5.32 Å². The third-order valence-electron chi connectivity index (χ3n) is 2.59. The Kier molecular flexibility index (Phi) is 4.73. The molecule has 0 radical (unpaired) electrons. The normalized spacial score (nSPS) is 10.2. The molecule has 102 valence electrons. The first-order valence-corrected chi connectivity index (χ1v) is 7.43. The molecule has 0 spiro atoms. The number of anilines is 1. The molecule has 2 aromatic carbocycles. The molecule has 0 atom stereocenters. The lowest BCUT2D eigenvalue weighted by atomic mass is 10.0. The number of benzene rings is 2. The van der Waals surface area contributed by atoms with Gasteiger partial charge in [-0.05, 0) is 42.5 Å². The van der Waals surface area contributed by atoms with E-state index < -0.39 is 0 Å². The Bertz CT molecular complexity index is 646. The van der Waals surface area contributed by atoms with Gasteiger partial charge in [0.2, 0.25) is 5.91 Å². The highest BCUT2D eigenvalue weighted by molar-refractivity contribution is 9.11. The van der Waals surface area contributed by atoms with Crippen LogP contribution in [0.1, 0.15) is 22.8 Å². The number of halogens is 2. The maximum Gasteiger partial charge on any atom is 0.221 e. The molecule has 0 fully saturated rings. The molecule has 1 amide bonds. The summed E-state index contributed by atoms with van der Waals surface area (Å²) in [6.45, 7) is 1.44. The highest BCUT2D eigenvalue weighted by Gasteiger charge is 2.10. The summed E-state index contributed by atoms with van der Waals surface area (Å²) in [5.74, 6) is -0.207. The number of hydrogen-bond acceptors (Lipinski definition) is 2. The van der Waals surface area contributed by atoms with E-state index in [9.17, 15) is 9.59 Å². The van der Waals surface area contributed by atoms with Crippen molar-refractivity contribution in [2.24, 2.45) is 0 Å². The molecule has 2 rings (SSSR count). The second kappa shape index (κ2) is 6.33. The average Bonchev–Trinajstić information content (AvgIpc) is 2.37. The highest BCUT2D eigenvalue weighted by atomic mass is 79.9. The van der Waals surface area contributed by atoms with Gasteiger partial charge in [0.15, 0.2) is 5.78 Å². The van der Waals surface area contributed by atoms with E-state index in [2.05, 4.69) is 37.2 Å². The number of hydrogen-bond donors (Lipinski definition) is 1. The Balaban J connectivity index is 2.26. The molecule has 5 heteroatoms. The molecule has 0 unspecified atom stereocenters. The van der Waals surface area contributed by atoms with Crippen LogP contribution in [-0.2, 0) is 4.79 Å². The van der Waals surface area contributed by atoms with Crippen molar-refractivity contribution in [3.8, 4) is 0 Å². The lowest BCUT2D eigenvalue weighted by Crippen LogP contribution is -2.06. The fourth-order valence-corrected chi connectivity index (χ4v) is 3.05. The van der Waals surface area contributed by atoms with E-state index >= 15 is 0 Å². The summed E-state index contributed by atoms with van der Waals surface area (Å²) < 4.78 is 1.68. The molecule has 0 aliphatic heterocycles. The Morgan fingerprint density at radius 3 is 1.95 bits per heavy atom. The Morgan fingerprint density at radius 1 is 0.900 bits per heavy atom. The first kappa shape index (κ1) is 14.9. The van der Waals surface area contributed by atoms with Crippen LogP contribution in [0.15, 0.2) is 51.4 Å². The Hall–Kier alpha value is -1.46. The third-order valence-corrected chi connectivity index (χ3v) is 3.51. The number of carbonyl (C=O) groups is 2. The molecule has 0 saturated carbocycles. The fraction of sp³-hybridized carbons (Fsp3) is 0.0667. The lowest BCUT2D eigenvalue weighted by molar-refractivity contribution is -0.114. The van der Waals surface area contributed by atoms with Crippen molar-refractivity contribution in [3.63, 3.8) is 0 Å². The monoisotopic (exact) mass is 395 g/mol. The van der Waals surface area contributed by atoms with Crippen LogP contribution in [0, 0.1) is 0 Å². The van der Waals surface area contributed by atoms with Gasteiger partial charge in [-0.25, -0.2) is 0 Å². The topological polar surface area (TPSA) is 46.2 Å². The van der Waals surface area contributed by atoms with Gasteiger partial charge in [-0.1, -0.05) is 31.9 Å². The van der Waals surface area contributed by atoms with Crippen LogP contribution in [0.4, 0.5) is 5.69 Å². The van der Waals surface area contributed by atoms with E-state index in [1.807, 2.05) is 6.07 Å². The molecule has 2 aromatic rings. The van der Waals surface area contributed by atoms with E-state index in [1.165, 1.54) is 6.92 Å². The third kappa shape index (κ3) is 3.77. The summed E-state index contributed by atoms with van der Waals surface area (Å²) in [5.41, 5.74) is 1.84. The summed E-state index contributed by atoms with van der Waals surface area (Å²) in [7, 11) is 0. The largest absolute Gasteiger partial charge is 0.326 e. The molecule has 0 saturated heterocycles. The van der Waals surface area contributed by atoms with E-state index in [1.54, 1.807) is 36.4 Å². The second-order valence-corrected chi connectivity index (χ2v) is 6.08. The van der Waals surface area contributed by atoms with Crippen LogP contribution in [0.3, 0.4) is 0 Å². The predicted molar refractivity (Wildman–Crippen MR) is 86.0 cm³/mol. The molecule has 0 aliphatic rings. The Morgan fingerprint density at radius 2 is 1.45 bits per heavy atom. The van der Waals surface area contributed by atoms with Gasteiger partial charge in [0, 0.05) is 32.7 Å². The van der Waals surface area contributed by atoms with Gasteiger partial charge in [0.1, 0.15) is 0 Å². The molecule has 0 aromatic heterocycles. The zero-order valence-corrected chi connectivity index (χ0v) is 13.8. The molecular weight excluding hydrogens is 386 g/mol. The van der Waals surface area contributed by atoms with Crippen LogP contribution >= 0.6 is 31.9 Å². The first-order valence-electron chi connectivity index (χ1n) is 5.84. The smallest absolute Gasteiger partial charge is 0.221 e. The van der Waals surface area contributed by atoms with Crippen molar-refractivity contribution >= 4 is 49.2 Å². The summed E-state index contributed by atoms with van der Waals surface area (Å²) in [6, 6.07) is 12.2. The SMILES string of the molecule is CC(=O)Nc1ccc(C(=O)c2cc(Br)cc(Br)c2)cc1. The van der Waals surface area contributed by atoms with Crippen molar-refractivity contribution in [1.29, 1.82) is 0 Å². The summed E-state index contributed by atoms with van der Waals surface area (Å²) in [5, 5.41) is 2.66. The number of nitrogens with one attached hydrogen (secondary N) is 1. The van der Waals surface area contributed by atoms with Crippen molar-refractivity contribution in [2.45, 2.75) is 6.92 Å². The minimum Gasteiger partial charge on any atom is -0.326 e. The van der Waals surface area contributed by atoms with E-state index in [0.29, 0.717) is 16.8 Å². The molecular formula is C15H11Br2NO2. The molecule has 20 heavy (non-hydrogen) atoms. The van der Waals surface area contributed by atoms with Gasteiger partial charge >= 0.3 is 0 Å². The second-order valence-electron chi connectivity index (χ2n) is 4.25. The van der Waals surface area contributed by atoms with Crippen LogP contribution in [0.25, 0.3) is 0 Å². The van der Waals surface area contributed by atoms with Gasteiger partial charge in [-0.2, -0.15) is 0 Å². The van der Waals surface area contributed by atoms with Gasteiger partial charge in [0.05, 0.1) is 0 Å². The summed E-state index contributed by atoms with van der Waals surface area (Å²) >= 11 is 6.73. The van der Waals surface area contributed by atoms with Crippen LogP contribution in [-0.4, -0.2) is 11.7 Å². The van der Waals surface area contributed by atoms with E-state index in [-0.39, 0.29) is 11.7 Å². The number of ketones is 1. The number of rotatable bonds is 3. The molecule has 3 nitrogen and oxygen atoms in total. The average molecular weight is 397 g/mol. The molecule has 0 aliphatic carbocycles. The Labute approximate surface area is 133 Å². The van der Waals surface area contributed by atoms with Crippen molar-refractivity contribution in [3.05, 3.63) is 62.5 Å². The standard InChI is InChI=1S/C15H11Br2NO2/c1-9(19)18-14-4-2-10(3-5-14)15(20)11-6-12(16)8-13(17)7-11/h2-8H,1H3,(H,18,19). The lowest BCUT2D eigenvalue weighted by Gasteiger charge is -2.05. The molecule has 0 heterocycles. The minimum absolute atomic E-state index is 0.0682.